The predicted octanol–water partition coefficient (Wildman–Crippen LogP) is 5.06. The van der Waals surface area contributed by atoms with E-state index in [9.17, 15) is 22.5 Å². The maximum Gasteiger partial charge on any atom is 0.418 e. The van der Waals surface area contributed by atoms with E-state index in [1.165, 1.54) is 14.0 Å². The van der Waals surface area contributed by atoms with Gasteiger partial charge in [-0.3, -0.25) is 4.79 Å². The molecule has 0 unspecified atom stereocenters. The number of nitrogens with one attached hydrogen (secondary N) is 2. The van der Waals surface area contributed by atoms with Crippen molar-refractivity contribution in [3.63, 3.8) is 0 Å². The molecule has 3 heterocycles. The van der Waals surface area contributed by atoms with Crippen molar-refractivity contribution in [2.45, 2.75) is 31.9 Å². The minimum atomic E-state index is -4.46. The van der Waals surface area contributed by atoms with Crippen LogP contribution in [0, 0.1) is 0 Å². The quantitative estimate of drug-likeness (QED) is 0.473. The van der Waals surface area contributed by atoms with Crippen LogP contribution in [-0.4, -0.2) is 53.3 Å². The van der Waals surface area contributed by atoms with Gasteiger partial charge in [0.2, 0.25) is 5.91 Å². The summed E-state index contributed by atoms with van der Waals surface area (Å²) in [5, 5.41) is 3.98. The molecule has 186 valence electrons. The van der Waals surface area contributed by atoms with Crippen LogP contribution in [0.1, 0.15) is 36.8 Å². The minimum Gasteiger partial charge on any atom is -0.495 e. The van der Waals surface area contributed by atoms with Crippen LogP contribution >= 0.6 is 7.14 Å². The van der Waals surface area contributed by atoms with Gasteiger partial charge in [-0.05, 0) is 48.6 Å². The number of pyridine rings is 1. The van der Waals surface area contributed by atoms with Crippen LogP contribution in [-0.2, 0) is 15.5 Å². The molecule has 1 aromatic carbocycles. The molecule has 3 aromatic rings. The summed E-state index contributed by atoms with van der Waals surface area (Å²) in [5.41, 5.74) is 0.683. The number of amides is 1. The van der Waals surface area contributed by atoms with Crippen molar-refractivity contribution in [3.05, 3.63) is 41.6 Å². The van der Waals surface area contributed by atoms with Crippen molar-refractivity contribution < 1.29 is 27.3 Å². The van der Waals surface area contributed by atoms with E-state index in [-0.39, 0.29) is 22.9 Å². The topological polar surface area (TPSA) is 87.3 Å². The summed E-state index contributed by atoms with van der Waals surface area (Å²) >= 11 is 0. The van der Waals surface area contributed by atoms with E-state index in [1.54, 1.807) is 29.2 Å². The molecule has 2 aliphatic rings. The number of methoxy groups -OCH3 is 1. The molecular weight excluding hydrogens is 480 g/mol. The zero-order valence-corrected chi connectivity index (χ0v) is 20.3. The normalized spacial score (nSPS) is 18.0. The van der Waals surface area contributed by atoms with Gasteiger partial charge in [0.1, 0.15) is 24.4 Å². The predicted molar refractivity (Wildman–Crippen MR) is 129 cm³/mol. The van der Waals surface area contributed by atoms with Crippen LogP contribution in [0.25, 0.3) is 11.0 Å². The van der Waals surface area contributed by atoms with Gasteiger partial charge >= 0.3 is 6.18 Å². The Hall–Kier alpha value is -3.00. The van der Waals surface area contributed by atoms with E-state index in [0.29, 0.717) is 53.5 Å². The number of carbonyl (C=O) groups is 1. The average Bonchev–Trinajstić information content (AvgIpc) is 3.56. The number of carbonyl (C=O) groups excluding carboxylic acids is 1. The van der Waals surface area contributed by atoms with Gasteiger partial charge in [-0.15, -0.1) is 0 Å². The minimum absolute atomic E-state index is 0.0205. The second-order valence-electron chi connectivity index (χ2n) is 9.15. The first-order valence-electron chi connectivity index (χ1n) is 11.5. The average molecular weight is 506 g/mol. The maximum absolute atomic E-state index is 13.6. The number of H-pyrrole nitrogens is 1. The van der Waals surface area contributed by atoms with Crippen LogP contribution < -0.4 is 15.4 Å². The number of hydrogen-bond donors (Lipinski definition) is 2. The molecule has 35 heavy (non-hydrogen) atoms. The van der Waals surface area contributed by atoms with Crippen LogP contribution in [0.3, 0.4) is 0 Å². The van der Waals surface area contributed by atoms with E-state index in [1.807, 2.05) is 0 Å². The van der Waals surface area contributed by atoms with Crippen molar-refractivity contribution in [2.24, 2.45) is 0 Å². The van der Waals surface area contributed by atoms with E-state index in [0.717, 1.165) is 19.0 Å². The second kappa shape index (κ2) is 8.59. The number of fused-ring (bicyclic) bond motifs is 1. The third kappa shape index (κ3) is 4.51. The molecule has 1 amide bonds. The number of anilines is 2. The molecular formula is C24H26F3N4O3P. The molecule has 0 atom stereocenters. The molecule has 0 bridgehead atoms. The monoisotopic (exact) mass is 506 g/mol. The van der Waals surface area contributed by atoms with Gasteiger partial charge in [-0.1, -0.05) is 0 Å². The van der Waals surface area contributed by atoms with Gasteiger partial charge in [0, 0.05) is 49.2 Å². The van der Waals surface area contributed by atoms with E-state index in [2.05, 4.69) is 15.3 Å². The smallest absolute Gasteiger partial charge is 0.418 e. The maximum atomic E-state index is 13.6. The third-order valence-electron chi connectivity index (χ3n) is 6.82. The summed E-state index contributed by atoms with van der Waals surface area (Å²) in [5.74, 6) is 0.924. The number of ether oxygens (including phenoxy) is 1. The fourth-order valence-electron chi connectivity index (χ4n) is 4.70. The lowest BCUT2D eigenvalue weighted by atomic mass is 10.0. The fraction of sp³-hybridized carbons (Fsp3) is 0.417. The number of alkyl halides is 3. The Labute approximate surface area is 200 Å². The highest BCUT2D eigenvalue weighted by Gasteiger charge is 2.38. The van der Waals surface area contributed by atoms with E-state index < -0.39 is 18.9 Å². The van der Waals surface area contributed by atoms with Crippen LogP contribution in [0.5, 0.6) is 5.75 Å². The Morgan fingerprint density at radius 1 is 1.23 bits per heavy atom. The second-order valence-corrected chi connectivity index (χ2v) is 12.3. The van der Waals surface area contributed by atoms with Gasteiger partial charge in [-0.25, -0.2) is 4.98 Å². The van der Waals surface area contributed by atoms with Crippen molar-refractivity contribution in [3.8, 4) is 5.75 Å². The Kier molecular flexibility index (Phi) is 5.82. The van der Waals surface area contributed by atoms with Gasteiger partial charge in [0.15, 0.2) is 0 Å². The van der Waals surface area contributed by atoms with Crippen molar-refractivity contribution in [2.75, 3.05) is 37.8 Å². The largest absolute Gasteiger partial charge is 0.495 e. The highest BCUT2D eigenvalue weighted by atomic mass is 31.2. The number of benzene rings is 1. The molecule has 11 heteroatoms. The first-order chi connectivity index (χ1) is 16.6. The Bertz CT molecular complexity index is 1340. The molecule has 2 aromatic heterocycles. The molecule has 0 radical (unpaired) electrons. The summed E-state index contributed by atoms with van der Waals surface area (Å²) in [4.78, 5) is 20.4. The number of aromatic amines is 1. The summed E-state index contributed by atoms with van der Waals surface area (Å²) in [6.45, 7) is 2.43. The molecule has 2 N–H and O–H groups in total. The van der Waals surface area contributed by atoms with Crippen molar-refractivity contribution in [1.82, 2.24) is 14.9 Å². The van der Waals surface area contributed by atoms with Crippen molar-refractivity contribution >= 4 is 40.9 Å². The number of halogens is 3. The highest BCUT2D eigenvalue weighted by Crippen LogP contribution is 2.49. The number of nitrogens with zero attached hydrogens (tertiary/aromatic N) is 2. The number of aromatic nitrogens is 2. The third-order valence-corrected chi connectivity index (χ3v) is 9.89. The molecule has 0 spiro atoms. The molecule has 1 saturated carbocycles. The lowest BCUT2D eigenvalue weighted by Gasteiger charge is -2.32. The van der Waals surface area contributed by atoms with E-state index >= 15 is 0 Å². The van der Waals surface area contributed by atoms with Crippen molar-refractivity contribution in [1.29, 1.82) is 0 Å². The Morgan fingerprint density at radius 3 is 2.54 bits per heavy atom. The SMILES string of the molecule is COc1cc(P2(=O)CCN(C(C)=O)CC2)ccc1Nc1cc(C2CC2)c2c(C(F)(F)F)c[nH]c2n1. The van der Waals surface area contributed by atoms with Gasteiger partial charge in [-0.2, -0.15) is 13.2 Å². The molecule has 5 rings (SSSR count). The summed E-state index contributed by atoms with van der Waals surface area (Å²) < 4.78 is 59.7. The Balaban J connectivity index is 1.45. The molecule has 7 nitrogen and oxygen atoms in total. The summed E-state index contributed by atoms with van der Waals surface area (Å²) in [6.07, 6.45) is -0.975. The number of hydrogen-bond acceptors (Lipinski definition) is 5. The number of rotatable bonds is 5. The standard InChI is InChI=1S/C24H26F3N4O3P/c1-14(32)31-7-9-35(33,10-8-31)16-5-6-19(20(11-16)34-2)29-21-12-17(15-3-4-15)22-18(24(25,26)27)13-28-23(22)30-21/h5-6,11-13,15H,3-4,7-10H2,1-2H3,(H2,28,29,30). The van der Waals surface area contributed by atoms with E-state index in [4.69, 9.17) is 4.74 Å². The molecule has 1 aliphatic carbocycles. The lowest BCUT2D eigenvalue weighted by molar-refractivity contribution is -0.136. The fourth-order valence-corrected chi connectivity index (χ4v) is 7.27. The van der Waals surface area contributed by atoms with Crippen LogP contribution in [0.15, 0.2) is 30.5 Å². The Morgan fingerprint density at radius 2 is 1.94 bits per heavy atom. The van der Waals surface area contributed by atoms with Gasteiger partial charge in [0.25, 0.3) is 0 Å². The summed E-state index contributed by atoms with van der Waals surface area (Å²) in [6, 6.07) is 6.95. The summed E-state index contributed by atoms with van der Waals surface area (Å²) in [7, 11) is -1.17. The first kappa shape index (κ1) is 23.7. The van der Waals surface area contributed by atoms with Crippen LogP contribution in [0.4, 0.5) is 24.7 Å². The van der Waals surface area contributed by atoms with Gasteiger partial charge in [0.05, 0.1) is 18.4 Å². The molecule has 1 aliphatic heterocycles. The first-order valence-corrected chi connectivity index (χ1v) is 13.6. The molecule has 2 fully saturated rings. The zero-order valence-electron chi connectivity index (χ0n) is 19.4. The highest BCUT2D eigenvalue weighted by molar-refractivity contribution is 7.71. The zero-order chi connectivity index (χ0) is 25.0. The lowest BCUT2D eigenvalue weighted by Crippen LogP contribution is -2.39. The van der Waals surface area contributed by atoms with Gasteiger partial charge < -0.3 is 24.5 Å². The van der Waals surface area contributed by atoms with Crippen LogP contribution in [0.2, 0.25) is 0 Å². The molecule has 1 saturated heterocycles.